The van der Waals surface area contributed by atoms with Gasteiger partial charge in [-0.25, -0.2) is 4.98 Å². The molecule has 3 heterocycles. The van der Waals surface area contributed by atoms with Gasteiger partial charge in [0, 0.05) is 30.5 Å². The summed E-state index contributed by atoms with van der Waals surface area (Å²) < 4.78 is 0. The fraction of sp³-hybridized carbons (Fsp3) is 0.533. The van der Waals surface area contributed by atoms with Crippen molar-refractivity contribution in [3.63, 3.8) is 0 Å². The van der Waals surface area contributed by atoms with Gasteiger partial charge in [-0.05, 0) is 33.5 Å². The molecule has 1 saturated heterocycles. The summed E-state index contributed by atoms with van der Waals surface area (Å²) in [5, 5.41) is 3.22. The van der Waals surface area contributed by atoms with Crippen LogP contribution in [0.3, 0.4) is 0 Å². The van der Waals surface area contributed by atoms with Crippen LogP contribution in [0.5, 0.6) is 0 Å². The molecule has 1 unspecified atom stereocenters. The molecule has 1 fully saturated rings. The van der Waals surface area contributed by atoms with Crippen LogP contribution < -0.4 is 0 Å². The van der Waals surface area contributed by atoms with Crippen LogP contribution in [0.15, 0.2) is 24.0 Å². The van der Waals surface area contributed by atoms with Gasteiger partial charge in [-0.2, -0.15) is 0 Å². The summed E-state index contributed by atoms with van der Waals surface area (Å²) in [4.78, 5) is 18.2. The van der Waals surface area contributed by atoms with E-state index in [4.69, 9.17) is 4.98 Å². The highest BCUT2D eigenvalue weighted by Crippen LogP contribution is 2.32. The van der Waals surface area contributed by atoms with Crippen LogP contribution in [0, 0.1) is 0 Å². The second-order valence-electron chi connectivity index (χ2n) is 5.73. The van der Waals surface area contributed by atoms with E-state index in [9.17, 15) is 0 Å². The van der Waals surface area contributed by atoms with Crippen molar-refractivity contribution in [3.05, 3.63) is 40.4 Å². The predicted octanol–water partition coefficient (Wildman–Crippen LogP) is 2.33. The first-order valence-electron chi connectivity index (χ1n) is 7.30. The molecule has 1 aliphatic rings. The molecule has 5 nitrogen and oxygen atoms in total. The number of likely N-dealkylation sites (tertiary alicyclic amines) is 1. The zero-order valence-corrected chi connectivity index (χ0v) is 13.4. The number of hydrogen-bond acceptors (Lipinski definition) is 6. The van der Waals surface area contributed by atoms with Crippen molar-refractivity contribution in [1.82, 2.24) is 24.8 Å². The third kappa shape index (κ3) is 3.64. The lowest BCUT2D eigenvalue weighted by molar-refractivity contribution is 0.243. The summed E-state index contributed by atoms with van der Waals surface area (Å²) in [6.07, 6.45) is 8.04. The summed E-state index contributed by atoms with van der Waals surface area (Å²) in [5.74, 6) is 0. The summed E-state index contributed by atoms with van der Waals surface area (Å²) in [5.41, 5.74) is 2.14. The minimum absolute atomic E-state index is 0.378. The first kappa shape index (κ1) is 14.6. The Labute approximate surface area is 129 Å². The minimum atomic E-state index is 0.378. The molecule has 6 heteroatoms. The summed E-state index contributed by atoms with van der Waals surface area (Å²) in [6, 6.07) is 0.378. The topological polar surface area (TPSA) is 45.2 Å². The van der Waals surface area contributed by atoms with Gasteiger partial charge in [-0.15, -0.1) is 11.3 Å². The fourth-order valence-electron chi connectivity index (χ4n) is 2.84. The van der Waals surface area contributed by atoms with Gasteiger partial charge in [0.15, 0.2) is 0 Å². The van der Waals surface area contributed by atoms with Crippen LogP contribution >= 0.6 is 11.3 Å². The molecule has 0 aliphatic carbocycles. The van der Waals surface area contributed by atoms with Gasteiger partial charge in [0.1, 0.15) is 5.01 Å². The number of aromatic nitrogens is 3. The van der Waals surface area contributed by atoms with Crippen LogP contribution in [0.4, 0.5) is 0 Å². The van der Waals surface area contributed by atoms with Crippen LogP contribution in [-0.4, -0.2) is 45.4 Å². The molecule has 2 aromatic rings. The van der Waals surface area contributed by atoms with E-state index in [2.05, 4.69) is 33.9 Å². The van der Waals surface area contributed by atoms with Gasteiger partial charge in [0.2, 0.25) is 0 Å². The Kier molecular flexibility index (Phi) is 4.57. The molecule has 2 aromatic heterocycles. The molecular weight excluding hydrogens is 282 g/mol. The maximum Gasteiger partial charge on any atom is 0.107 e. The SMILES string of the molecule is CN(C)Cc1cncc(C2CCCN2Cc2nccs2)n1. The zero-order chi connectivity index (χ0) is 14.7. The molecule has 0 N–H and O–H groups in total. The molecule has 0 radical (unpaired) electrons. The average Bonchev–Trinajstić information content (AvgIpc) is 3.10. The molecule has 3 rings (SSSR count). The van der Waals surface area contributed by atoms with Crippen molar-refractivity contribution in [2.24, 2.45) is 0 Å². The lowest BCUT2D eigenvalue weighted by atomic mass is 10.1. The third-order valence-corrected chi connectivity index (χ3v) is 4.47. The highest BCUT2D eigenvalue weighted by Gasteiger charge is 2.28. The smallest absolute Gasteiger partial charge is 0.107 e. The van der Waals surface area contributed by atoms with Crippen molar-refractivity contribution < 1.29 is 0 Å². The molecule has 0 aromatic carbocycles. The van der Waals surface area contributed by atoms with Gasteiger partial charge in [-0.1, -0.05) is 0 Å². The van der Waals surface area contributed by atoms with Crippen LogP contribution in [0.25, 0.3) is 0 Å². The second-order valence-corrected chi connectivity index (χ2v) is 6.71. The number of nitrogens with zero attached hydrogens (tertiary/aromatic N) is 5. The monoisotopic (exact) mass is 303 g/mol. The minimum Gasteiger partial charge on any atom is -0.304 e. The average molecular weight is 303 g/mol. The Morgan fingerprint density at radius 2 is 2.29 bits per heavy atom. The largest absolute Gasteiger partial charge is 0.304 e. The maximum absolute atomic E-state index is 4.81. The molecule has 0 bridgehead atoms. The molecule has 21 heavy (non-hydrogen) atoms. The van der Waals surface area contributed by atoms with E-state index in [-0.39, 0.29) is 0 Å². The van der Waals surface area contributed by atoms with Crippen molar-refractivity contribution in [2.45, 2.75) is 32.0 Å². The molecular formula is C15H21N5S. The Bertz CT molecular complexity index is 569. The van der Waals surface area contributed by atoms with E-state index in [1.807, 2.05) is 24.0 Å². The lowest BCUT2D eigenvalue weighted by Crippen LogP contribution is -2.24. The molecule has 0 amide bonds. The maximum atomic E-state index is 4.81. The zero-order valence-electron chi connectivity index (χ0n) is 12.6. The fourth-order valence-corrected chi connectivity index (χ4v) is 3.48. The normalized spacial score (nSPS) is 19.5. The highest BCUT2D eigenvalue weighted by atomic mass is 32.1. The van der Waals surface area contributed by atoms with Gasteiger partial charge in [-0.3, -0.25) is 14.9 Å². The number of rotatable bonds is 5. The standard InChI is InChI=1S/C15H21N5S/c1-19(2)10-12-8-16-9-13(18-12)14-4-3-6-20(14)11-15-17-5-7-21-15/h5,7-9,14H,3-4,6,10-11H2,1-2H3. The number of hydrogen-bond donors (Lipinski definition) is 0. The Morgan fingerprint density at radius 3 is 3.05 bits per heavy atom. The van der Waals surface area contributed by atoms with Crippen LogP contribution in [0.1, 0.15) is 35.3 Å². The van der Waals surface area contributed by atoms with Gasteiger partial charge in [0.25, 0.3) is 0 Å². The molecule has 1 atom stereocenters. The summed E-state index contributed by atoms with van der Waals surface area (Å²) in [6.45, 7) is 2.87. The lowest BCUT2D eigenvalue weighted by Gasteiger charge is -2.23. The van der Waals surface area contributed by atoms with Crippen molar-refractivity contribution in [3.8, 4) is 0 Å². The summed E-state index contributed by atoms with van der Waals surface area (Å²) in [7, 11) is 4.11. The van der Waals surface area contributed by atoms with Crippen LogP contribution in [0.2, 0.25) is 0 Å². The van der Waals surface area contributed by atoms with E-state index < -0.39 is 0 Å². The third-order valence-electron chi connectivity index (χ3n) is 3.71. The molecule has 1 aliphatic heterocycles. The van der Waals surface area contributed by atoms with Crippen molar-refractivity contribution >= 4 is 11.3 Å². The van der Waals surface area contributed by atoms with Crippen LogP contribution in [-0.2, 0) is 13.1 Å². The molecule has 0 spiro atoms. The predicted molar refractivity (Wildman–Crippen MR) is 83.9 cm³/mol. The number of thiazole rings is 1. The molecule has 112 valence electrons. The Balaban J connectivity index is 1.75. The first-order chi connectivity index (χ1) is 10.2. The Hall–Kier alpha value is -1.37. The Morgan fingerprint density at radius 1 is 1.38 bits per heavy atom. The quantitative estimate of drug-likeness (QED) is 0.848. The van der Waals surface area contributed by atoms with E-state index in [1.54, 1.807) is 11.3 Å². The second kappa shape index (κ2) is 6.60. The summed E-state index contributed by atoms with van der Waals surface area (Å²) >= 11 is 1.72. The van der Waals surface area contributed by atoms with Crippen molar-refractivity contribution in [2.75, 3.05) is 20.6 Å². The van der Waals surface area contributed by atoms with Gasteiger partial charge < -0.3 is 4.90 Å². The first-order valence-corrected chi connectivity index (χ1v) is 8.18. The van der Waals surface area contributed by atoms with E-state index in [0.717, 1.165) is 37.4 Å². The molecule has 0 saturated carbocycles. The van der Waals surface area contributed by atoms with E-state index in [0.29, 0.717) is 6.04 Å². The highest BCUT2D eigenvalue weighted by molar-refractivity contribution is 7.09. The van der Waals surface area contributed by atoms with E-state index in [1.165, 1.54) is 11.4 Å². The van der Waals surface area contributed by atoms with Gasteiger partial charge >= 0.3 is 0 Å². The van der Waals surface area contributed by atoms with E-state index >= 15 is 0 Å². The van der Waals surface area contributed by atoms with Crippen molar-refractivity contribution in [1.29, 1.82) is 0 Å². The van der Waals surface area contributed by atoms with Gasteiger partial charge in [0.05, 0.1) is 24.0 Å².